The number of likely N-dealkylation sites (tertiary alicyclic amines) is 1. The summed E-state index contributed by atoms with van der Waals surface area (Å²) < 4.78 is 50.7. The zero-order chi connectivity index (χ0) is 56.8. The summed E-state index contributed by atoms with van der Waals surface area (Å²) in [4.78, 5) is 51.2. The molecule has 4 aromatic heterocycles. The van der Waals surface area contributed by atoms with E-state index in [0.29, 0.717) is 117 Å². The first-order chi connectivity index (χ1) is 39.8. The van der Waals surface area contributed by atoms with Gasteiger partial charge in [-0.15, -0.1) is 5.10 Å². The molecule has 4 fully saturated rings. The zero-order valence-electron chi connectivity index (χ0n) is 45.6. The van der Waals surface area contributed by atoms with Crippen molar-refractivity contribution in [3.8, 4) is 51.2 Å². The molecule has 424 valence electrons. The first-order valence-electron chi connectivity index (χ1n) is 28.0. The van der Waals surface area contributed by atoms with Crippen LogP contribution in [0.3, 0.4) is 0 Å². The van der Waals surface area contributed by atoms with Gasteiger partial charge in [0, 0.05) is 80.1 Å². The highest BCUT2D eigenvalue weighted by Gasteiger charge is 2.44. The normalized spacial score (nSPS) is 19.8. The summed E-state index contributed by atoms with van der Waals surface area (Å²) in [5.74, 6) is -1.18. The Bertz CT molecular complexity index is 3680. The van der Waals surface area contributed by atoms with Crippen LogP contribution in [-0.2, 0) is 27.4 Å². The lowest BCUT2D eigenvalue weighted by molar-refractivity contribution is -0.142. The lowest BCUT2D eigenvalue weighted by Crippen LogP contribution is -2.50. The number of fused-ring (bicyclic) bond motifs is 4. The number of phenols is 1. The Morgan fingerprint density at radius 3 is 2.44 bits per heavy atom. The molecule has 6 atom stereocenters. The van der Waals surface area contributed by atoms with E-state index in [1.165, 1.54) is 21.8 Å². The number of nitrogens with zero attached hydrogens (tertiary/aromatic N) is 9. The number of benzene rings is 4. The van der Waals surface area contributed by atoms with Gasteiger partial charge in [-0.2, -0.15) is 9.97 Å². The summed E-state index contributed by atoms with van der Waals surface area (Å²) in [7, 11) is 0. The van der Waals surface area contributed by atoms with Crippen molar-refractivity contribution in [3.63, 3.8) is 0 Å². The smallest absolute Gasteiger partial charge is 0.319 e. The molecule has 8 heterocycles. The fourth-order valence-corrected chi connectivity index (χ4v) is 12.1. The maximum atomic E-state index is 15.7. The van der Waals surface area contributed by atoms with E-state index in [-0.39, 0.29) is 55.2 Å². The molecule has 2 bridgehead atoms. The molecule has 0 radical (unpaired) electrons. The largest absolute Gasteiger partial charge is 0.508 e. The summed E-state index contributed by atoms with van der Waals surface area (Å²) in [6.45, 7) is 7.79. The lowest BCUT2D eigenvalue weighted by Gasteiger charge is -2.30. The lowest BCUT2D eigenvalue weighted by atomic mass is 9.94. The number of carbonyl (C=O) groups is 2. The first kappa shape index (κ1) is 54.4. The Hall–Kier alpha value is -8.24. The molecule has 0 aliphatic carbocycles. The van der Waals surface area contributed by atoms with Gasteiger partial charge in [0.05, 0.1) is 49.7 Å². The van der Waals surface area contributed by atoms with Crippen molar-refractivity contribution >= 4 is 39.3 Å². The molecule has 2 amide bonds. The van der Waals surface area contributed by atoms with Crippen LogP contribution >= 0.6 is 0 Å². The minimum Gasteiger partial charge on any atom is -0.508 e. The molecule has 4 aliphatic rings. The van der Waals surface area contributed by atoms with Crippen LogP contribution in [0.4, 0.5) is 14.6 Å². The number of aliphatic hydroxyl groups excluding tert-OH is 2. The molecule has 21 heteroatoms. The summed E-state index contributed by atoms with van der Waals surface area (Å²) in [5, 5.41) is 49.7. The molecular formula is C61H63F2N11O8. The van der Waals surface area contributed by atoms with Gasteiger partial charge in [0.25, 0.3) is 0 Å². The van der Waals surface area contributed by atoms with Crippen molar-refractivity contribution in [3.05, 3.63) is 132 Å². The number of hydrogen-bond acceptors (Lipinski definition) is 16. The number of aromatic nitrogens is 7. The number of aryl methyl sites for hydroxylation is 1. The summed E-state index contributed by atoms with van der Waals surface area (Å²) in [6.07, 6.45) is 7.60. The number of ether oxygens (including phenoxy) is 3. The Morgan fingerprint density at radius 2 is 1.72 bits per heavy atom. The highest BCUT2D eigenvalue weighted by molar-refractivity contribution is 6.04. The first-order valence-corrected chi connectivity index (χ1v) is 28.0. The predicted molar refractivity (Wildman–Crippen MR) is 301 cm³/mol. The van der Waals surface area contributed by atoms with Gasteiger partial charge >= 0.3 is 6.01 Å². The Morgan fingerprint density at radius 1 is 0.927 bits per heavy atom. The second-order valence-electron chi connectivity index (χ2n) is 22.0. The second kappa shape index (κ2) is 23.0. The average molecular weight is 1120 g/mol. The van der Waals surface area contributed by atoms with E-state index < -0.39 is 48.5 Å². The van der Waals surface area contributed by atoms with Gasteiger partial charge in [-0.3, -0.25) is 19.6 Å². The van der Waals surface area contributed by atoms with Crippen LogP contribution in [0.25, 0.3) is 55.3 Å². The molecule has 82 heavy (non-hydrogen) atoms. The molecule has 0 unspecified atom stereocenters. The number of halogens is 2. The molecule has 4 aliphatic heterocycles. The van der Waals surface area contributed by atoms with Crippen molar-refractivity contribution in [2.24, 2.45) is 5.92 Å². The van der Waals surface area contributed by atoms with Crippen LogP contribution in [0.2, 0.25) is 0 Å². The third-order valence-electron chi connectivity index (χ3n) is 16.3. The van der Waals surface area contributed by atoms with E-state index in [9.17, 15) is 29.3 Å². The average Bonchev–Trinajstić information content (AvgIpc) is 3.68. The number of amides is 2. The van der Waals surface area contributed by atoms with Crippen molar-refractivity contribution in [1.82, 2.24) is 50.5 Å². The highest BCUT2D eigenvalue weighted by Crippen LogP contribution is 2.45. The molecule has 0 spiro atoms. The summed E-state index contributed by atoms with van der Waals surface area (Å²) >= 11 is 0. The van der Waals surface area contributed by atoms with E-state index in [0.717, 1.165) is 31.3 Å². The molecule has 8 aromatic rings. The Labute approximate surface area is 471 Å². The van der Waals surface area contributed by atoms with E-state index in [2.05, 4.69) is 30.8 Å². The second-order valence-corrected chi connectivity index (χ2v) is 22.0. The number of phenolic OH excluding ortho intramolecular Hbond substituents is 1. The maximum Gasteiger partial charge on any atom is 0.319 e. The van der Waals surface area contributed by atoms with Gasteiger partial charge in [0.15, 0.2) is 5.75 Å². The number of hydrogen-bond donors (Lipinski definition) is 5. The molecular weight excluding hydrogens is 1050 g/mol. The molecule has 5 N–H and O–H groups in total. The minimum atomic E-state index is -1.04. The number of carbonyl (C=O) groups excluding carboxylic acids is 2. The standard InChI is InChI=1S/C61H63F2N11O8/c1-4-44-48(62)14-13-38-21-41(76)23-46(53(38)44)54-57(55-47(26-66-54)58(72-28-39-22-40(72)25-65-39)69-61(68-55)82-43-16-19-80-20-17-43)81-32-34-5-7-36(8-6-34)50-30-74(71-70-50)56(33(2)3)60(79)73-29-42(77)24-52(73)59(78)67-51(31-75)37-11-9-35(10-12-37)45-15-18-64-27-49(45)63/h5-15,18,21,23,26-27,30,33,39-40,42-43,51-52,56,65,75-77H,4,16-17,19-20,22,24-25,28-29,31-32H2,1-3H3,(H,67,78)/t39-,40-,42+,51-,52-,56-/m0/s1. The van der Waals surface area contributed by atoms with Crippen molar-refractivity contribution < 1.29 is 47.9 Å². The fourth-order valence-electron chi connectivity index (χ4n) is 12.1. The van der Waals surface area contributed by atoms with Gasteiger partial charge in [0.2, 0.25) is 11.8 Å². The van der Waals surface area contributed by atoms with E-state index in [1.807, 2.05) is 45.0 Å². The molecule has 0 saturated carbocycles. The van der Waals surface area contributed by atoms with E-state index >= 15 is 4.39 Å². The van der Waals surface area contributed by atoms with Crippen molar-refractivity contribution in [2.45, 2.75) is 102 Å². The monoisotopic (exact) mass is 1120 g/mol. The molecule has 4 saturated heterocycles. The minimum absolute atomic E-state index is 0.0115. The van der Waals surface area contributed by atoms with Crippen LogP contribution < -0.4 is 25.0 Å². The van der Waals surface area contributed by atoms with Crippen LogP contribution in [0.15, 0.2) is 104 Å². The van der Waals surface area contributed by atoms with Crippen molar-refractivity contribution in [1.29, 1.82) is 0 Å². The SMILES string of the molecule is CCc1c(F)ccc2cc(O)cc(-c3ncc4c(N5C[C@@H]6C[C@H]5CN6)nc(OC5CCOCC5)nc4c3OCc3ccc(-c4cn([C@H](C(=O)N5C[C@H](O)C[C@H]5C(=O)N[C@@H](CO)c5ccc(-c6ccncc6F)cc5)C(C)C)nn4)cc3)c12. The van der Waals surface area contributed by atoms with Crippen LogP contribution in [0.5, 0.6) is 17.5 Å². The molecule has 12 rings (SSSR count). The van der Waals surface area contributed by atoms with Crippen LogP contribution in [0, 0.1) is 17.6 Å². The quantitative estimate of drug-likeness (QED) is 0.0597. The van der Waals surface area contributed by atoms with E-state index in [1.54, 1.807) is 60.9 Å². The number of β-amino-alcohol motifs (C(OH)–C–C–N with tert-alkyl or cyclic N) is 1. The number of nitrogens with one attached hydrogen (secondary N) is 2. The van der Waals surface area contributed by atoms with Crippen LogP contribution in [-0.4, -0.2) is 137 Å². The third-order valence-corrected chi connectivity index (χ3v) is 16.3. The third kappa shape index (κ3) is 10.6. The zero-order valence-corrected chi connectivity index (χ0v) is 45.6. The topological polar surface area (TPSA) is 235 Å². The number of rotatable bonds is 17. The summed E-state index contributed by atoms with van der Waals surface area (Å²) in [6, 6.07) is 20.0. The summed E-state index contributed by atoms with van der Waals surface area (Å²) in [5.41, 5.74) is 5.22. The van der Waals surface area contributed by atoms with Gasteiger partial charge in [-0.25, -0.2) is 13.5 Å². The Kier molecular flexibility index (Phi) is 15.2. The van der Waals surface area contributed by atoms with Gasteiger partial charge in [-0.1, -0.05) is 80.6 Å². The number of pyridine rings is 2. The number of aromatic hydroxyl groups is 1. The number of aliphatic hydroxyl groups is 2. The van der Waals surface area contributed by atoms with Crippen LogP contribution in [0.1, 0.15) is 75.2 Å². The number of anilines is 1. The van der Waals surface area contributed by atoms with E-state index in [4.69, 9.17) is 29.2 Å². The highest BCUT2D eigenvalue weighted by atomic mass is 19.1. The molecule has 19 nitrogen and oxygen atoms in total. The van der Waals surface area contributed by atoms with Crippen molar-refractivity contribution in [2.75, 3.05) is 44.4 Å². The Balaban J connectivity index is 0.815. The predicted octanol–water partition coefficient (Wildman–Crippen LogP) is 7.41. The van der Waals surface area contributed by atoms with Gasteiger partial charge in [-0.05, 0) is 76.1 Å². The maximum absolute atomic E-state index is 15.7. The van der Waals surface area contributed by atoms with Gasteiger partial charge in [0.1, 0.15) is 64.9 Å². The molecule has 4 aromatic carbocycles. The fraction of sp³-hybridized carbons (Fsp3) is 0.377. The number of piperazine rings is 1. The van der Waals surface area contributed by atoms with Gasteiger partial charge < -0.3 is 50.0 Å².